The average Bonchev–Trinajstić information content (AvgIpc) is 4.00. The highest BCUT2D eigenvalue weighted by Gasteiger charge is 2.49. The van der Waals surface area contributed by atoms with Gasteiger partial charge in [-0.15, -0.1) is 0 Å². The third kappa shape index (κ3) is 12.5. The monoisotopic (exact) mass is 1180 g/mol. The summed E-state index contributed by atoms with van der Waals surface area (Å²) in [5.41, 5.74) is 2.26. The Hall–Kier alpha value is -4.71. The molecule has 6 aromatic rings. The van der Waals surface area contributed by atoms with E-state index in [-0.39, 0.29) is 69.9 Å². The average molecular weight is 1190 g/mol. The molecule has 18 nitrogen and oxygen atoms in total. The number of nitrogens with zero attached hydrogens (tertiary/aromatic N) is 1. The van der Waals surface area contributed by atoms with Crippen LogP contribution in [0.25, 0.3) is 54.7 Å². The summed E-state index contributed by atoms with van der Waals surface area (Å²) in [7, 11) is -15.2. The maximum atomic E-state index is 14.4. The number of carbonyl (C=O) groups is 2. The third-order valence-electron chi connectivity index (χ3n) is 17.9. The van der Waals surface area contributed by atoms with Gasteiger partial charge in [-0.3, -0.25) is 37.6 Å². The zero-order valence-corrected chi connectivity index (χ0v) is 49.9. The molecule has 9 unspecified atom stereocenters. The maximum absolute atomic E-state index is 14.4. The molecule has 3 amide bonds. The van der Waals surface area contributed by atoms with Gasteiger partial charge in [-0.05, 0) is 141 Å². The number of hydrogen-bond donors (Lipinski definition) is 6. The van der Waals surface area contributed by atoms with Crippen molar-refractivity contribution >= 4 is 90.1 Å². The van der Waals surface area contributed by atoms with Gasteiger partial charge < -0.3 is 29.4 Å². The van der Waals surface area contributed by atoms with E-state index in [0.29, 0.717) is 12.8 Å². The van der Waals surface area contributed by atoms with Gasteiger partial charge in [-0.25, -0.2) is 18.5 Å². The predicted octanol–water partition coefficient (Wildman–Crippen LogP) is 12.6. The summed E-state index contributed by atoms with van der Waals surface area (Å²) in [6.07, 6.45) is 4.83. The summed E-state index contributed by atoms with van der Waals surface area (Å²) >= 11 is 0. The molecule has 10 rings (SSSR count). The topological polar surface area (TPSA) is 257 Å². The summed E-state index contributed by atoms with van der Waals surface area (Å²) in [5, 5.41) is 22.1. The van der Waals surface area contributed by atoms with E-state index < -0.39 is 96.0 Å². The number of rotatable bonds is 26. The number of urea groups is 1. The zero-order valence-electron chi connectivity index (χ0n) is 47.2. The van der Waals surface area contributed by atoms with E-state index in [1.54, 1.807) is 20.8 Å². The minimum absolute atomic E-state index is 0.0156. The van der Waals surface area contributed by atoms with Crippen molar-refractivity contribution < 1.29 is 75.3 Å². The van der Waals surface area contributed by atoms with E-state index in [1.807, 2.05) is 26.0 Å². The molecule has 0 saturated carbocycles. The number of nitrogens with one attached hydrogen (secondary N) is 1. The lowest BCUT2D eigenvalue weighted by Gasteiger charge is -2.39. The second-order valence-corrected chi connectivity index (χ2v) is 27.2. The molecular weight excluding hydrogens is 1110 g/mol. The Kier molecular flexibility index (Phi) is 17.4. The van der Waals surface area contributed by atoms with Gasteiger partial charge in [-0.2, -0.15) is 0 Å². The Morgan fingerprint density at radius 3 is 2.06 bits per heavy atom. The number of imide groups is 1. The Morgan fingerprint density at radius 1 is 0.756 bits per heavy atom. The van der Waals surface area contributed by atoms with Crippen LogP contribution in [0.3, 0.4) is 0 Å². The lowest BCUT2D eigenvalue weighted by atomic mass is 9.66. The Bertz CT molecular complexity index is 3580. The molecule has 9 atom stereocenters. The number of phosphoric acid groups is 3. The van der Waals surface area contributed by atoms with Gasteiger partial charge in [0.2, 0.25) is 5.91 Å². The van der Waals surface area contributed by atoms with Crippen molar-refractivity contribution in [3.05, 3.63) is 119 Å². The molecule has 2 saturated heterocycles. The number of hydrogen-bond acceptors (Lipinski definition) is 12. The number of benzene rings is 6. The SMILES string of the molecule is CCC(CC)(CC(COP(=O)(O)OC1CC(N2CC(C)C(=O)NC2=O)OC1COP(=O)(O)OC(CC)(CC)CC(CO)Cc1ccc2ccc3cccc4ccc1c2c34)CC1=CCC2(C)C=Cc3cccc4ccc1c2c34)OP(=O)(O)O. The van der Waals surface area contributed by atoms with Crippen molar-refractivity contribution in [3.8, 4) is 0 Å². The first-order valence-corrected chi connectivity index (χ1v) is 33.0. The Labute approximate surface area is 477 Å². The van der Waals surface area contributed by atoms with Crippen LogP contribution in [0.4, 0.5) is 4.79 Å². The van der Waals surface area contributed by atoms with Crippen molar-refractivity contribution in [3.63, 3.8) is 0 Å². The quantitative estimate of drug-likeness (QED) is 0.0218. The van der Waals surface area contributed by atoms with Gasteiger partial charge in [0.25, 0.3) is 0 Å². The number of ether oxygens (including phenoxy) is 1. The molecule has 4 aliphatic rings. The molecule has 6 N–H and O–H groups in total. The number of aliphatic hydroxyl groups is 1. The fraction of sp³-hybridized carbons (Fsp3) is 0.475. The molecule has 2 aliphatic heterocycles. The minimum Gasteiger partial charge on any atom is -0.396 e. The van der Waals surface area contributed by atoms with Crippen molar-refractivity contribution in [2.45, 2.75) is 141 Å². The molecule has 21 heteroatoms. The van der Waals surface area contributed by atoms with Crippen LogP contribution in [0.5, 0.6) is 0 Å². The van der Waals surface area contributed by atoms with Gasteiger partial charge in [0.05, 0.1) is 30.3 Å². The molecule has 0 spiro atoms. The largest absolute Gasteiger partial charge is 0.472 e. The Balaban J connectivity index is 0.871. The van der Waals surface area contributed by atoms with Crippen LogP contribution in [0, 0.1) is 17.8 Å². The highest BCUT2D eigenvalue weighted by molar-refractivity contribution is 7.47. The van der Waals surface area contributed by atoms with Crippen LogP contribution in [0.15, 0.2) is 97.1 Å². The first-order chi connectivity index (χ1) is 38.9. The first kappa shape index (κ1) is 60.4. The lowest BCUT2D eigenvalue weighted by molar-refractivity contribution is -0.128. The number of allylic oxidation sites excluding steroid dienone is 3. The molecule has 2 aliphatic carbocycles. The van der Waals surface area contributed by atoms with Crippen LogP contribution in [-0.2, 0) is 57.7 Å². The summed E-state index contributed by atoms with van der Waals surface area (Å²) in [6, 6.07) is 28.3. The maximum Gasteiger partial charge on any atom is 0.472 e. The minimum atomic E-state index is -5.14. The summed E-state index contributed by atoms with van der Waals surface area (Å²) < 4.78 is 76.5. The zero-order chi connectivity index (χ0) is 58.6. The van der Waals surface area contributed by atoms with Crippen molar-refractivity contribution in [2.75, 3.05) is 26.4 Å². The standard InChI is InChI=1S/C61H75N2O16P3/c1-7-60(8-2,78-80(67,68)69)33-40(30-47-26-28-59(6)27-25-44-16-12-15-43-22-24-49(47)56(59)54(43)44)36-74-81(70,71)77-50-31-52(63-34-38(5)57(65)62-58(63)66)76-51(50)37-75-82(72,73)79-61(9-3,10-4)32-39(35-64)29-46-20-19-45-18-17-41-13-11-14-42-21-23-48(46)55(45)53(41)42/h11-27,38-40,50-52,64H,7-10,28-37H2,1-6H3,(H,70,71)(H,72,73)(H,62,65,66)(H2,67,68,69). The smallest absolute Gasteiger partial charge is 0.396 e. The van der Waals surface area contributed by atoms with E-state index in [0.717, 1.165) is 70.9 Å². The van der Waals surface area contributed by atoms with Gasteiger partial charge in [0.1, 0.15) is 18.4 Å². The van der Waals surface area contributed by atoms with Crippen LogP contribution >= 0.6 is 23.5 Å². The van der Waals surface area contributed by atoms with Crippen LogP contribution in [-0.4, -0.2) is 97.5 Å². The molecule has 0 radical (unpaired) electrons. The summed E-state index contributed by atoms with van der Waals surface area (Å²) in [5.74, 6) is -2.22. The van der Waals surface area contributed by atoms with Crippen LogP contribution in [0.1, 0.15) is 122 Å². The number of carbonyl (C=O) groups excluding carboxylic acids is 2. The van der Waals surface area contributed by atoms with E-state index in [1.165, 1.54) is 4.90 Å². The second-order valence-electron chi connectivity index (χ2n) is 23.3. The summed E-state index contributed by atoms with van der Waals surface area (Å²) in [4.78, 5) is 70.5. The fourth-order valence-corrected chi connectivity index (χ4v) is 16.3. The van der Waals surface area contributed by atoms with Crippen molar-refractivity contribution in [1.82, 2.24) is 10.2 Å². The van der Waals surface area contributed by atoms with Crippen LogP contribution in [0.2, 0.25) is 0 Å². The molecule has 6 aromatic carbocycles. The van der Waals surface area contributed by atoms with E-state index in [2.05, 4.69) is 103 Å². The van der Waals surface area contributed by atoms with E-state index in [4.69, 9.17) is 27.4 Å². The van der Waals surface area contributed by atoms with E-state index >= 15 is 0 Å². The highest BCUT2D eigenvalue weighted by atomic mass is 31.2. The van der Waals surface area contributed by atoms with E-state index in [9.17, 15) is 48.0 Å². The van der Waals surface area contributed by atoms with Crippen molar-refractivity contribution in [2.24, 2.45) is 17.8 Å². The Morgan fingerprint density at radius 2 is 1.38 bits per heavy atom. The molecule has 2 heterocycles. The number of phosphoric ester groups is 3. The third-order valence-corrected chi connectivity index (χ3v) is 20.6. The molecule has 2 fully saturated rings. The summed E-state index contributed by atoms with van der Waals surface area (Å²) in [6.45, 7) is 9.50. The second kappa shape index (κ2) is 23.6. The number of aliphatic hydroxyl groups excluding tert-OH is 1. The number of amides is 3. The van der Waals surface area contributed by atoms with Crippen LogP contribution < -0.4 is 5.32 Å². The van der Waals surface area contributed by atoms with Gasteiger partial charge >= 0.3 is 29.5 Å². The highest BCUT2D eigenvalue weighted by Crippen LogP contribution is 2.55. The predicted molar refractivity (Wildman–Crippen MR) is 315 cm³/mol. The molecule has 440 valence electrons. The van der Waals surface area contributed by atoms with Gasteiger partial charge in [-0.1, -0.05) is 145 Å². The fourth-order valence-electron chi connectivity index (χ4n) is 13.3. The molecule has 82 heavy (non-hydrogen) atoms. The lowest BCUT2D eigenvalue weighted by Crippen LogP contribution is -2.57. The van der Waals surface area contributed by atoms with Gasteiger partial charge in [0.15, 0.2) is 0 Å². The molecular formula is C61H75N2O16P3. The first-order valence-electron chi connectivity index (χ1n) is 28.5. The molecule has 0 bridgehead atoms. The van der Waals surface area contributed by atoms with Crippen molar-refractivity contribution in [1.29, 1.82) is 0 Å². The normalized spacial score (nSPS) is 23.6. The molecule has 0 aromatic heterocycles. The van der Waals surface area contributed by atoms with Gasteiger partial charge in [0, 0.05) is 25.0 Å².